The number of anilines is 1. The van der Waals surface area contributed by atoms with E-state index >= 15 is 0 Å². The summed E-state index contributed by atoms with van der Waals surface area (Å²) in [6, 6.07) is 7.79. The van der Waals surface area contributed by atoms with Gasteiger partial charge in [0.15, 0.2) is 0 Å². The maximum Gasteiger partial charge on any atom is 0.268 e. The lowest BCUT2D eigenvalue weighted by molar-refractivity contribution is 0.103. The zero-order valence-electron chi connectivity index (χ0n) is 16.5. The van der Waals surface area contributed by atoms with Crippen LogP contribution in [0.25, 0.3) is 11.3 Å². The second-order valence-electron chi connectivity index (χ2n) is 6.68. The number of aryl methyl sites for hydroxylation is 2. The number of carbonyl (C=O) groups excluding carboxylic acids is 1. The van der Waals surface area contributed by atoms with E-state index < -0.39 is 0 Å². The second-order valence-corrected chi connectivity index (χ2v) is 7.88. The summed E-state index contributed by atoms with van der Waals surface area (Å²) in [6.45, 7) is 9.92. The summed E-state index contributed by atoms with van der Waals surface area (Å²) in [5.74, 6) is 0.602. The van der Waals surface area contributed by atoms with Crippen molar-refractivity contribution in [1.82, 2.24) is 14.8 Å². The average Bonchev–Trinajstić information content (AvgIpc) is 3.16. The summed E-state index contributed by atoms with van der Waals surface area (Å²) in [7, 11) is 1.63. The van der Waals surface area contributed by atoms with E-state index in [-0.39, 0.29) is 11.9 Å². The summed E-state index contributed by atoms with van der Waals surface area (Å²) in [4.78, 5) is 18.2. The van der Waals surface area contributed by atoms with Gasteiger partial charge < -0.3 is 10.1 Å². The Morgan fingerprint density at radius 3 is 2.41 bits per heavy atom. The van der Waals surface area contributed by atoms with E-state index in [9.17, 15) is 4.79 Å². The molecule has 0 radical (unpaired) electrons. The SMILES string of the molecule is COc1ccc(-c2nc(C)sc2C(=O)Nc2c(C)nn(C(C)C)c2C)cc1. The van der Waals surface area contributed by atoms with E-state index in [1.807, 2.05) is 49.7 Å². The number of rotatable bonds is 5. The highest BCUT2D eigenvalue weighted by Crippen LogP contribution is 2.31. The number of thiazole rings is 1. The molecule has 2 heterocycles. The first-order chi connectivity index (χ1) is 12.8. The molecule has 0 unspecified atom stereocenters. The average molecular weight is 385 g/mol. The van der Waals surface area contributed by atoms with Gasteiger partial charge >= 0.3 is 0 Å². The van der Waals surface area contributed by atoms with Crippen LogP contribution in [-0.2, 0) is 0 Å². The van der Waals surface area contributed by atoms with Crippen molar-refractivity contribution in [2.75, 3.05) is 12.4 Å². The van der Waals surface area contributed by atoms with Crippen LogP contribution < -0.4 is 10.1 Å². The maximum absolute atomic E-state index is 13.0. The smallest absolute Gasteiger partial charge is 0.268 e. The van der Waals surface area contributed by atoms with Gasteiger partial charge in [-0.2, -0.15) is 5.10 Å². The monoisotopic (exact) mass is 384 g/mol. The molecule has 1 amide bonds. The lowest BCUT2D eigenvalue weighted by Gasteiger charge is -2.09. The van der Waals surface area contributed by atoms with Gasteiger partial charge in [-0.3, -0.25) is 9.48 Å². The Hall–Kier alpha value is -2.67. The van der Waals surface area contributed by atoms with Crippen LogP contribution in [0.5, 0.6) is 5.75 Å². The van der Waals surface area contributed by atoms with E-state index in [2.05, 4.69) is 29.2 Å². The van der Waals surface area contributed by atoms with Crippen LogP contribution in [0, 0.1) is 20.8 Å². The molecular weight excluding hydrogens is 360 g/mol. The van der Waals surface area contributed by atoms with Crippen molar-refractivity contribution in [2.24, 2.45) is 0 Å². The van der Waals surface area contributed by atoms with Crippen molar-refractivity contribution >= 4 is 22.9 Å². The minimum absolute atomic E-state index is 0.166. The Kier molecular flexibility index (Phi) is 5.32. The van der Waals surface area contributed by atoms with Gasteiger partial charge in [0.25, 0.3) is 5.91 Å². The first-order valence-electron chi connectivity index (χ1n) is 8.80. The molecule has 1 N–H and O–H groups in total. The Morgan fingerprint density at radius 1 is 1.19 bits per heavy atom. The molecule has 0 saturated carbocycles. The predicted octanol–water partition coefficient (Wildman–Crippen LogP) is 4.77. The summed E-state index contributed by atoms with van der Waals surface area (Å²) < 4.78 is 7.13. The molecule has 0 fully saturated rings. The zero-order chi connectivity index (χ0) is 19.7. The van der Waals surface area contributed by atoms with Crippen molar-refractivity contribution in [3.63, 3.8) is 0 Å². The summed E-state index contributed by atoms with van der Waals surface area (Å²) in [6.07, 6.45) is 0. The highest BCUT2D eigenvalue weighted by molar-refractivity contribution is 7.14. The third-order valence-electron chi connectivity index (χ3n) is 4.36. The third-order valence-corrected chi connectivity index (χ3v) is 5.33. The fourth-order valence-electron chi connectivity index (χ4n) is 3.04. The normalized spacial score (nSPS) is 11.1. The highest BCUT2D eigenvalue weighted by atomic mass is 32.1. The molecule has 0 atom stereocenters. The minimum atomic E-state index is -0.166. The van der Waals surface area contributed by atoms with E-state index in [1.54, 1.807) is 7.11 Å². The fourth-order valence-corrected chi connectivity index (χ4v) is 3.88. The van der Waals surface area contributed by atoms with Crippen molar-refractivity contribution in [3.8, 4) is 17.0 Å². The lowest BCUT2D eigenvalue weighted by atomic mass is 10.1. The van der Waals surface area contributed by atoms with Crippen LogP contribution in [0.3, 0.4) is 0 Å². The molecule has 27 heavy (non-hydrogen) atoms. The van der Waals surface area contributed by atoms with Crippen LogP contribution in [0.15, 0.2) is 24.3 Å². The number of ether oxygens (including phenoxy) is 1. The molecule has 142 valence electrons. The molecule has 0 bridgehead atoms. The first-order valence-corrected chi connectivity index (χ1v) is 9.62. The molecule has 0 aliphatic carbocycles. The molecule has 0 saturated heterocycles. The van der Waals surface area contributed by atoms with Gasteiger partial charge in [0, 0.05) is 11.6 Å². The number of nitrogens with zero attached hydrogens (tertiary/aromatic N) is 3. The number of aromatic nitrogens is 3. The lowest BCUT2D eigenvalue weighted by Crippen LogP contribution is -2.13. The first kappa shape index (κ1) is 19.1. The summed E-state index contributed by atoms with van der Waals surface area (Å²) >= 11 is 1.39. The van der Waals surface area contributed by atoms with Crippen molar-refractivity contribution in [1.29, 1.82) is 0 Å². The Morgan fingerprint density at radius 2 is 1.85 bits per heavy atom. The number of carbonyl (C=O) groups is 1. The quantitative estimate of drug-likeness (QED) is 0.688. The van der Waals surface area contributed by atoms with Gasteiger partial charge in [-0.25, -0.2) is 4.98 Å². The van der Waals surface area contributed by atoms with Gasteiger partial charge in [0.1, 0.15) is 10.6 Å². The van der Waals surface area contributed by atoms with Crippen LogP contribution >= 0.6 is 11.3 Å². The molecule has 2 aromatic heterocycles. The van der Waals surface area contributed by atoms with Crippen molar-refractivity contribution < 1.29 is 9.53 Å². The van der Waals surface area contributed by atoms with Gasteiger partial charge in [-0.05, 0) is 58.9 Å². The third kappa shape index (κ3) is 3.73. The van der Waals surface area contributed by atoms with Crippen LogP contribution in [-0.4, -0.2) is 27.8 Å². The van der Waals surface area contributed by atoms with Crippen LogP contribution in [0.4, 0.5) is 5.69 Å². The van der Waals surface area contributed by atoms with Gasteiger partial charge in [-0.15, -0.1) is 11.3 Å². The van der Waals surface area contributed by atoms with Gasteiger partial charge in [0.05, 0.1) is 34.9 Å². The van der Waals surface area contributed by atoms with Gasteiger partial charge in [-0.1, -0.05) is 0 Å². The number of amides is 1. The number of benzene rings is 1. The van der Waals surface area contributed by atoms with Crippen LogP contribution in [0.2, 0.25) is 0 Å². The van der Waals surface area contributed by atoms with Crippen molar-refractivity contribution in [3.05, 3.63) is 45.5 Å². The topological polar surface area (TPSA) is 69.0 Å². The molecule has 6 nitrogen and oxygen atoms in total. The highest BCUT2D eigenvalue weighted by Gasteiger charge is 2.22. The van der Waals surface area contributed by atoms with Gasteiger partial charge in [0.2, 0.25) is 0 Å². The molecule has 7 heteroatoms. The maximum atomic E-state index is 13.0. The molecule has 0 aliphatic heterocycles. The van der Waals surface area contributed by atoms with E-state index in [4.69, 9.17) is 4.74 Å². The summed E-state index contributed by atoms with van der Waals surface area (Å²) in [5.41, 5.74) is 4.09. The fraction of sp³-hybridized carbons (Fsp3) is 0.350. The minimum Gasteiger partial charge on any atom is -0.497 e. The molecular formula is C20H24N4O2S. The van der Waals surface area contributed by atoms with E-state index in [1.165, 1.54) is 11.3 Å². The Labute approximate surface area is 163 Å². The number of hydrogen-bond acceptors (Lipinski definition) is 5. The number of methoxy groups -OCH3 is 1. The number of nitrogens with one attached hydrogen (secondary N) is 1. The molecule has 3 rings (SSSR count). The van der Waals surface area contributed by atoms with E-state index in [0.717, 1.165) is 33.4 Å². The molecule has 0 aliphatic rings. The Balaban J connectivity index is 1.94. The molecule has 3 aromatic rings. The standard InChI is InChI=1S/C20H24N4O2S/c1-11(2)24-13(4)17(12(3)23-24)22-20(25)19-18(21-14(5)27-19)15-7-9-16(26-6)10-8-15/h7-11H,1-6H3,(H,22,25). The molecule has 1 aromatic carbocycles. The summed E-state index contributed by atoms with van der Waals surface area (Å²) in [5, 5.41) is 8.42. The zero-order valence-corrected chi connectivity index (χ0v) is 17.3. The second kappa shape index (κ2) is 7.52. The molecule has 0 spiro atoms. The van der Waals surface area contributed by atoms with E-state index in [0.29, 0.717) is 10.6 Å². The Bertz CT molecular complexity index is 971. The predicted molar refractivity (Wildman–Crippen MR) is 109 cm³/mol. The van der Waals surface area contributed by atoms with Crippen LogP contribution in [0.1, 0.15) is 46.0 Å². The number of hydrogen-bond donors (Lipinski definition) is 1. The van der Waals surface area contributed by atoms with Crippen molar-refractivity contribution in [2.45, 2.75) is 40.7 Å². The largest absolute Gasteiger partial charge is 0.497 e.